The van der Waals surface area contributed by atoms with Gasteiger partial charge in [-0.1, -0.05) is 228 Å². The Balaban J connectivity index is 0.000000751. The van der Waals surface area contributed by atoms with Crippen molar-refractivity contribution in [3.8, 4) is 0 Å². The first-order valence-corrected chi connectivity index (χ1v) is 45.8. The highest BCUT2D eigenvalue weighted by Crippen LogP contribution is 2.33. The predicted octanol–water partition coefficient (Wildman–Crippen LogP) is 22.9. The molecular formula is C107H166O18. The van der Waals surface area contributed by atoms with Crippen LogP contribution in [0.3, 0.4) is 0 Å². The third-order valence-corrected chi connectivity index (χ3v) is 24.2. The zero-order valence-corrected chi connectivity index (χ0v) is 82.4. The summed E-state index contributed by atoms with van der Waals surface area (Å²) >= 11 is 0. The molecular weight excluding hydrogens is 1570 g/mol. The number of aliphatic hydroxyl groups is 6. The summed E-state index contributed by atoms with van der Waals surface area (Å²) in [6.45, 7) is 58.1. The number of carbonyl (C=O) groups is 6. The number of rotatable bonds is 42. The molecule has 0 aromatic heterocycles. The van der Waals surface area contributed by atoms with Gasteiger partial charge < -0.3 is 59.1 Å². The molecule has 125 heavy (non-hydrogen) atoms. The minimum Gasteiger partial charge on any atom is -0.465 e. The van der Waals surface area contributed by atoms with E-state index >= 15 is 0 Å². The van der Waals surface area contributed by atoms with Crippen LogP contribution in [0.15, 0.2) is 146 Å². The van der Waals surface area contributed by atoms with Crippen molar-refractivity contribution in [1.29, 1.82) is 0 Å². The molecule has 6 aromatic rings. The molecule has 0 amide bonds. The van der Waals surface area contributed by atoms with Gasteiger partial charge in [-0.2, -0.15) is 0 Å². The summed E-state index contributed by atoms with van der Waals surface area (Å²) in [5, 5.41) is 60.1. The summed E-state index contributed by atoms with van der Waals surface area (Å²) in [5.74, 6) is -0.419. The first-order chi connectivity index (χ1) is 58.0. The van der Waals surface area contributed by atoms with Crippen LogP contribution in [0.25, 0.3) is 0 Å². The molecule has 18 nitrogen and oxygen atoms in total. The first-order valence-electron chi connectivity index (χ1n) is 45.8. The number of benzene rings is 6. The Morgan fingerprint density at radius 2 is 0.488 bits per heavy atom. The molecule has 0 saturated heterocycles. The average molecular weight is 1740 g/mol. The summed E-state index contributed by atoms with van der Waals surface area (Å²) < 4.78 is 32.0. The van der Waals surface area contributed by atoms with E-state index in [0.717, 1.165) is 125 Å². The minimum absolute atomic E-state index is 0.141. The Morgan fingerprint density at radius 3 is 0.680 bits per heavy atom. The Bertz CT molecular complexity index is 4060. The van der Waals surface area contributed by atoms with E-state index in [4.69, 9.17) is 28.4 Å². The standard InChI is InChI=1S/C20H32O3.C19H30O3.C18H28O3.2C17H26O3.C16H24O3/c1-7-19(4,5)18(21)23-13-12-16-8-10-17(11-9-16)20(6,22)14-15(2)3;1-6-13-19(5,21)16-10-8-15(9-11-16)12-14-22-17(20)18(3,4)7-2;1-6-17(3,4)16(19)21-13-12-14-8-10-15(11-9-14)18(5,20)7-2;1-6-16(2,3)15(18)20-12-11-13-7-9-14(10-8-13)17(4,5)19;1-5-15(18)14-9-7-13(8-10-14)11-12-20-16(19)17(3,4)6-2;1-5-16(3,4)15(18)19-11-10-13-6-8-14(9-7-13)12(2)17/h8-11,15,22H,7,12-14H2,1-6H3;8-11,21H,6-7,12-14H2,1-5H3;8-11,20H,6-7,12-13H2,1-5H3;7-10,19H,6,11-12H2,1-5H3;7-10,15,18H,5-6,11-12H2,1-4H3;6-9,12,17H,5,10-11H2,1-4H3. The van der Waals surface area contributed by atoms with E-state index in [1.165, 1.54) is 0 Å². The Labute approximate surface area is 754 Å². The van der Waals surface area contributed by atoms with Crippen molar-refractivity contribution < 1.29 is 87.8 Å². The molecule has 0 spiro atoms. The summed E-state index contributed by atoms with van der Waals surface area (Å²) in [6, 6.07) is 47.0. The Kier molecular flexibility index (Phi) is 49.9. The molecule has 6 rings (SSSR count). The molecule has 0 fully saturated rings. The van der Waals surface area contributed by atoms with Crippen LogP contribution in [0.4, 0.5) is 0 Å². The molecule has 18 heteroatoms. The maximum absolute atomic E-state index is 11.9. The van der Waals surface area contributed by atoms with Crippen molar-refractivity contribution in [2.75, 3.05) is 39.6 Å². The highest BCUT2D eigenvalue weighted by molar-refractivity contribution is 5.78. The molecule has 0 aliphatic carbocycles. The van der Waals surface area contributed by atoms with E-state index in [0.29, 0.717) is 96.9 Å². The number of hydrogen-bond acceptors (Lipinski definition) is 18. The Hall–Kier alpha value is -8.10. The fourth-order valence-corrected chi connectivity index (χ4v) is 11.6. The van der Waals surface area contributed by atoms with Crippen LogP contribution in [0, 0.1) is 38.4 Å². The summed E-state index contributed by atoms with van der Waals surface area (Å²) in [7, 11) is 0. The summed E-state index contributed by atoms with van der Waals surface area (Å²) in [5.41, 5.74) is 6.47. The number of carbonyl (C=O) groups excluding carboxylic acids is 6. The fraction of sp³-hybridized carbons (Fsp3) is 0.607. The van der Waals surface area contributed by atoms with Gasteiger partial charge in [0.05, 0.1) is 107 Å². The Morgan fingerprint density at radius 1 is 0.280 bits per heavy atom. The molecule has 0 aliphatic heterocycles. The topological polar surface area (TPSA) is 279 Å². The molecule has 6 N–H and O–H groups in total. The van der Waals surface area contributed by atoms with E-state index in [1.54, 1.807) is 20.8 Å². The monoisotopic (exact) mass is 1740 g/mol. The highest BCUT2D eigenvalue weighted by Gasteiger charge is 2.33. The molecule has 0 heterocycles. The largest absolute Gasteiger partial charge is 0.465 e. The van der Waals surface area contributed by atoms with E-state index < -0.39 is 67.1 Å². The molecule has 702 valence electrons. The average Bonchev–Trinajstić information content (AvgIpc) is 0.839. The third-order valence-electron chi connectivity index (χ3n) is 24.2. The van der Waals surface area contributed by atoms with Crippen molar-refractivity contribution in [2.24, 2.45) is 38.4 Å². The lowest BCUT2D eigenvalue weighted by atomic mass is 9.87. The van der Waals surface area contributed by atoms with Crippen molar-refractivity contribution >= 4 is 35.8 Å². The molecule has 0 aliphatic rings. The highest BCUT2D eigenvalue weighted by atomic mass is 16.6. The normalized spacial score (nSPS) is 13.7. The van der Waals surface area contributed by atoms with Gasteiger partial charge in [0, 0.05) is 38.5 Å². The van der Waals surface area contributed by atoms with Crippen LogP contribution in [0.1, 0.15) is 350 Å². The van der Waals surface area contributed by atoms with Crippen molar-refractivity contribution in [3.05, 3.63) is 212 Å². The lowest BCUT2D eigenvalue weighted by Gasteiger charge is -2.26. The molecule has 6 aromatic carbocycles. The number of ether oxygens (including phenoxy) is 6. The quantitative estimate of drug-likeness (QED) is 0.0153. The van der Waals surface area contributed by atoms with E-state index in [9.17, 15) is 59.4 Å². The van der Waals surface area contributed by atoms with Gasteiger partial charge in [-0.3, -0.25) is 28.8 Å². The van der Waals surface area contributed by atoms with Gasteiger partial charge >= 0.3 is 35.8 Å². The van der Waals surface area contributed by atoms with Gasteiger partial charge in [0.2, 0.25) is 0 Å². The fourth-order valence-electron chi connectivity index (χ4n) is 11.6. The number of hydrogen-bond donors (Lipinski definition) is 6. The van der Waals surface area contributed by atoms with Crippen molar-refractivity contribution in [2.45, 2.75) is 345 Å². The van der Waals surface area contributed by atoms with E-state index in [-0.39, 0.29) is 35.8 Å². The summed E-state index contributed by atoms with van der Waals surface area (Å²) in [4.78, 5) is 71.1. The second-order valence-electron chi connectivity index (χ2n) is 38.7. The van der Waals surface area contributed by atoms with Gasteiger partial charge in [0.1, 0.15) is 0 Å². The third kappa shape index (κ3) is 42.6. The number of aliphatic hydroxyl groups excluding tert-OH is 2. The summed E-state index contributed by atoms with van der Waals surface area (Å²) in [6.07, 6.45) is 11.8. The molecule has 0 saturated carbocycles. The van der Waals surface area contributed by atoms with Gasteiger partial charge in [0.15, 0.2) is 0 Å². The second-order valence-corrected chi connectivity index (χ2v) is 38.7. The minimum atomic E-state index is -0.823. The zero-order chi connectivity index (χ0) is 95.6. The van der Waals surface area contributed by atoms with Gasteiger partial charge in [-0.15, -0.1) is 0 Å². The lowest BCUT2D eigenvalue weighted by molar-refractivity contribution is -0.154. The second kappa shape index (κ2) is 54.3. The van der Waals surface area contributed by atoms with Gasteiger partial charge in [0.25, 0.3) is 0 Å². The zero-order valence-electron chi connectivity index (χ0n) is 82.4. The van der Waals surface area contributed by atoms with Crippen LogP contribution >= 0.6 is 0 Å². The van der Waals surface area contributed by atoms with Crippen LogP contribution in [0.5, 0.6) is 0 Å². The van der Waals surface area contributed by atoms with Crippen LogP contribution in [-0.4, -0.2) is 106 Å². The van der Waals surface area contributed by atoms with Gasteiger partial charge in [-0.05, 0) is 262 Å². The van der Waals surface area contributed by atoms with Crippen molar-refractivity contribution in [1.82, 2.24) is 0 Å². The van der Waals surface area contributed by atoms with Crippen molar-refractivity contribution in [3.63, 3.8) is 0 Å². The maximum Gasteiger partial charge on any atom is 0.311 e. The van der Waals surface area contributed by atoms with E-state index in [1.807, 2.05) is 305 Å². The van der Waals surface area contributed by atoms with E-state index in [2.05, 4.69) is 20.8 Å². The molecule has 5 atom stereocenters. The molecule has 0 radical (unpaired) electrons. The van der Waals surface area contributed by atoms with Gasteiger partial charge in [-0.25, -0.2) is 0 Å². The lowest BCUT2D eigenvalue weighted by Crippen LogP contribution is -2.26. The van der Waals surface area contributed by atoms with Crippen LogP contribution < -0.4 is 0 Å². The smallest absolute Gasteiger partial charge is 0.311 e. The first kappa shape index (κ1) is 115. The van der Waals surface area contributed by atoms with Crippen LogP contribution in [0.2, 0.25) is 0 Å². The number of esters is 6. The molecule has 5 unspecified atom stereocenters. The SMILES string of the molecule is CCC(C)(C)C(=O)OCCc1ccc(C(C)(C)O)cc1.CCC(C)(C)C(=O)OCCc1ccc(C(C)(O)CC(C)C)cc1.CCC(C)(C)C(=O)OCCc1ccc(C(C)(O)CC)cc1.CCC(C)(C)C(=O)OCCc1ccc(C(C)O)cc1.CCC(O)c1ccc(CCOC(=O)C(C)(C)CC)cc1.CCCC(C)(O)c1ccc(CCOC(=O)C(C)(C)CC)cc1. The van der Waals surface area contributed by atoms with Crippen LogP contribution in [-0.2, 0) is 118 Å². The molecule has 0 bridgehead atoms. The predicted molar refractivity (Wildman–Crippen MR) is 506 cm³/mol. The maximum atomic E-state index is 11.9.